The lowest BCUT2D eigenvalue weighted by Crippen LogP contribution is -2.35. The van der Waals surface area contributed by atoms with E-state index < -0.39 is 0 Å². The highest BCUT2D eigenvalue weighted by Gasteiger charge is 2.19. The van der Waals surface area contributed by atoms with Crippen molar-refractivity contribution in [1.29, 1.82) is 0 Å². The van der Waals surface area contributed by atoms with E-state index in [1.807, 2.05) is 12.1 Å². The summed E-state index contributed by atoms with van der Waals surface area (Å²) in [6.45, 7) is 7.31. The third-order valence-electron chi connectivity index (χ3n) is 3.67. The summed E-state index contributed by atoms with van der Waals surface area (Å²) in [5.74, 6) is 1.88. The lowest BCUT2D eigenvalue weighted by Gasteiger charge is -2.23. The van der Waals surface area contributed by atoms with Crippen LogP contribution in [-0.4, -0.2) is 18.8 Å². The molecule has 3 heteroatoms. The van der Waals surface area contributed by atoms with E-state index in [0.717, 1.165) is 18.0 Å². The summed E-state index contributed by atoms with van der Waals surface area (Å²) in [4.78, 5) is 0. The van der Waals surface area contributed by atoms with E-state index in [1.54, 1.807) is 7.11 Å². The maximum Gasteiger partial charge on any atom is 0.124 e. The van der Waals surface area contributed by atoms with E-state index in [9.17, 15) is 0 Å². The lowest BCUT2D eigenvalue weighted by molar-refractivity contribution is 0.206. The lowest BCUT2D eigenvalue weighted by atomic mass is 10.1. The van der Waals surface area contributed by atoms with Crippen molar-refractivity contribution in [1.82, 2.24) is 5.32 Å². The third kappa shape index (κ3) is 4.41. The number of ether oxygens (including phenoxy) is 2. The topological polar surface area (TPSA) is 30.5 Å². The summed E-state index contributed by atoms with van der Waals surface area (Å²) < 4.78 is 11.5. The first-order valence-corrected chi connectivity index (χ1v) is 7.56. The first-order chi connectivity index (χ1) is 9.48. The smallest absolute Gasteiger partial charge is 0.124 e. The molecule has 0 aliphatic heterocycles. The Bertz CT molecular complexity index is 431. The number of nitrogens with one attached hydrogen (secondary N) is 1. The highest BCUT2D eigenvalue weighted by molar-refractivity contribution is 5.40. The SMILES string of the molecule is COc1ccc(OC2CCCC2)c(CNC(C)(C)C)c1. The molecule has 0 atom stereocenters. The number of benzene rings is 1. The Morgan fingerprint density at radius 1 is 1.20 bits per heavy atom. The van der Waals surface area contributed by atoms with Crippen LogP contribution >= 0.6 is 0 Å². The summed E-state index contributed by atoms with van der Waals surface area (Å²) in [7, 11) is 1.70. The molecule has 1 aliphatic carbocycles. The second kappa shape index (κ2) is 6.49. The molecule has 1 aliphatic rings. The van der Waals surface area contributed by atoms with E-state index in [4.69, 9.17) is 9.47 Å². The molecule has 3 nitrogen and oxygen atoms in total. The minimum absolute atomic E-state index is 0.0910. The molecule has 1 saturated carbocycles. The monoisotopic (exact) mass is 277 g/mol. The highest BCUT2D eigenvalue weighted by atomic mass is 16.5. The van der Waals surface area contributed by atoms with Crippen molar-refractivity contribution in [2.75, 3.05) is 7.11 Å². The van der Waals surface area contributed by atoms with Gasteiger partial charge in [-0.2, -0.15) is 0 Å². The fourth-order valence-electron chi connectivity index (χ4n) is 2.48. The van der Waals surface area contributed by atoms with Crippen molar-refractivity contribution in [2.24, 2.45) is 0 Å². The van der Waals surface area contributed by atoms with Crippen LogP contribution in [0.2, 0.25) is 0 Å². The predicted octanol–water partition coefficient (Wildman–Crippen LogP) is 3.90. The Hall–Kier alpha value is -1.22. The molecule has 1 fully saturated rings. The normalized spacial score (nSPS) is 16.4. The van der Waals surface area contributed by atoms with Crippen LogP contribution in [0.4, 0.5) is 0 Å². The number of hydrogen-bond acceptors (Lipinski definition) is 3. The molecule has 0 aromatic heterocycles. The minimum Gasteiger partial charge on any atom is -0.497 e. The van der Waals surface area contributed by atoms with Gasteiger partial charge in [0.25, 0.3) is 0 Å². The zero-order chi connectivity index (χ0) is 14.6. The van der Waals surface area contributed by atoms with Crippen LogP contribution in [0.3, 0.4) is 0 Å². The second-order valence-electron chi connectivity index (χ2n) is 6.60. The summed E-state index contributed by atoms with van der Waals surface area (Å²) in [5.41, 5.74) is 1.26. The van der Waals surface area contributed by atoms with Gasteiger partial charge >= 0.3 is 0 Å². The molecule has 0 bridgehead atoms. The van der Waals surface area contributed by atoms with Gasteiger partial charge in [0.2, 0.25) is 0 Å². The van der Waals surface area contributed by atoms with Gasteiger partial charge < -0.3 is 14.8 Å². The molecular weight excluding hydrogens is 250 g/mol. The van der Waals surface area contributed by atoms with Crippen LogP contribution in [0.25, 0.3) is 0 Å². The molecule has 112 valence electrons. The van der Waals surface area contributed by atoms with Gasteiger partial charge in [0.05, 0.1) is 13.2 Å². The Morgan fingerprint density at radius 3 is 2.50 bits per heavy atom. The molecule has 0 radical (unpaired) electrons. The van der Waals surface area contributed by atoms with E-state index in [-0.39, 0.29) is 5.54 Å². The third-order valence-corrected chi connectivity index (χ3v) is 3.67. The zero-order valence-corrected chi connectivity index (χ0v) is 13.2. The van der Waals surface area contributed by atoms with Gasteiger partial charge in [-0.3, -0.25) is 0 Å². The van der Waals surface area contributed by atoms with E-state index in [1.165, 1.54) is 31.2 Å². The molecule has 20 heavy (non-hydrogen) atoms. The van der Waals surface area contributed by atoms with Crippen molar-refractivity contribution < 1.29 is 9.47 Å². The van der Waals surface area contributed by atoms with Gasteiger partial charge in [0.1, 0.15) is 11.5 Å². The number of hydrogen-bond donors (Lipinski definition) is 1. The molecule has 0 spiro atoms. The van der Waals surface area contributed by atoms with Crippen molar-refractivity contribution in [3.05, 3.63) is 23.8 Å². The molecule has 0 saturated heterocycles. The van der Waals surface area contributed by atoms with Crippen LogP contribution in [0.15, 0.2) is 18.2 Å². The Morgan fingerprint density at radius 2 is 1.90 bits per heavy atom. The Balaban J connectivity index is 2.11. The van der Waals surface area contributed by atoms with Crippen molar-refractivity contribution in [3.8, 4) is 11.5 Å². The van der Waals surface area contributed by atoms with Gasteiger partial charge in [0.15, 0.2) is 0 Å². The fraction of sp³-hybridized carbons (Fsp3) is 0.647. The Labute approximate surface area is 122 Å². The Kier molecular flexibility index (Phi) is 4.92. The van der Waals surface area contributed by atoms with Gasteiger partial charge in [-0.1, -0.05) is 0 Å². The van der Waals surface area contributed by atoms with E-state index in [2.05, 4.69) is 32.2 Å². The zero-order valence-electron chi connectivity index (χ0n) is 13.2. The van der Waals surface area contributed by atoms with Crippen molar-refractivity contribution in [3.63, 3.8) is 0 Å². The van der Waals surface area contributed by atoms with E-state index in [0.29, 0.717) is 6.10 Å². The van der Waals surface area contributed by atoms with Crippen molar-refractivity contribution >= 4 is 0 Å². The molecule has 1 aromatic carbocycles. The summed E-state index contributed by atoms with van der Waals surface area (Å²) >= 11 is 0. The largest absolute Gasteiger partial charge is 0.497 e. The predicted molar refractivity (Wildman–Crippen MR) is 82.5 cm³/mol. The molecule has 0 unspecified atom stereocenters. The molecule has 1 aromatic rings. The summed E-state index contributed by atoms with van der Waals surface area (Å²) in [6.07, 6.45) is 5.32. The van der Waals surface area contributed by atoms with Gasteiger partial charge in [-0.05, 0) is 64.7 Å². The molecule has 0 amide bonds. The molecular formula is C17H27NO2. The molecule has 1 N–H and O–H groups in total. The van der Waals surface area contributed by atoms with Gasteiger partial charge in [-0.25, -0.2) is 0 Å². The number of methoxy groups -OCH3 is 1. The standard InChI is InChI=1S/C17H27NO2/c1-17(2,3)18-12-13-11-15(19-4)9-10-16(13)20-14-7-5-6-8-14/h9-11,14,18H,5-8,12H2,1-4H3. The van der Waals surface area contributed by atoms with Crippen LogP contribution in [-0.2, 0) is 6.54 Å². The maximum atomic E-state index is 6.18. The minimum atomic E-state index is 0.0910. The molecule has 0 heterocycles. The summed E-state index contributed by atoms with van der Waals surface area (Å²) in [6, 6.07) is 6.09. The quantitative estimate of drug-likeness (QED) is 0.885. The first kappa shape index (κ1) is 15.2. The number of rotatable bonds is 5. The summed E-state index contributed by atoms with van der Waals surface area (Å²) in [5, 5.41) is 3.52. The van der Waals surface area contributed by atoms with Crippen LogP contribution < -0.4 is 14.8 Å². The average molecular weight is 277 g/mol. The van der Waals surface area contributed by atoms with Gasteiger partial charge in [-0.15, -0.1) is 0 Å². The highest BCUT2D eigenvalue weighted by Crippen LogP contribution is 2.29. The van der Waals surface area contributed by atoms with Crippen molar-refractivity contribution in [2.45, 2.75) is 64.6 Å². The molecule has 2 rings (SSSR count). The van der Waals surface area contributed by atoms with Crippen LogP contribution in [0, 0.1) is 0 Å². The van der Waals surface area contributed by atoms with Gasteiger partial charge in [0, 0.05) is 17.6 Å². The maximum absolute atomic E-state index is 6.18. The van der Waals surface area contributed by atoms with E-state index >= 15 is 0 Å². The average Bonchev–Trinajstić information content (AvgIpc) is 2.89. The van der Waals surface area contributed by atoms with Crippen LogP contribution in [0.5, 0.6) is 11.5 Å². The second-order valence-corrected chi connectivity index (χ2v) is 6.60. The first-order valence-electron chi connectivity index (χ1n) is 7.56. The fourth-order valence-corrected chi connectivity index (χ4v) is 2.48. The van der Waals surface area contributed by atoms with Crippen LogP contribution in [0.1, 0.15) is 52.0 Å².